The second-order valence-electron chi connectivity index (χ2n) is 5.77. The summed E-state index contributed by atoms with van der Waals surface area (Å²) < 4.78 is 5.57. The molecule has 2 bridgehead atoms. The van der Waals surface area contributed by atoms with E-state index in [0.717, 1.165) is 5.56 Å². The van der Waals surface area contributed by atoms with Gasteiger partial charge in [-0.25, -0.2) is 0 Å². The molecule has 4 atom stereocenters. The van der Waals surface area contributed by atoms with Crippen LogP contribution in [0.1, 0.15) is 25.0 Å². The predicted octanol–water partition coefficient (Wildman–Crippen LogP) is 2.57. The van der Waals surface area contributed by atoms with Gasteiger partial charge in [0, 0.05) is 5.41 Å². The third-order valence-corrected chi connectivity index (χ3v) is 4.30. The first kappa shape index (κ1) is 12.9. The van der Waals surface area contributed by atoms with Crippen LogP contribution in [0.4, 0.5) is 0 Å². The molecule has 1 aliphatic heterocycles. The van der Waals surface area contributed by atoms with Crippen LogP contribution in [0.3, 0.4) is 0 Å². The average molecular weight is 272 g/mol. The highest BCUT2D eigenvalue weighted by molar-refractivity contribution is 5.84. The number of rotatable bonds is 2. The molecule has 4 heteroatoms. The first-order valence-electron chi connectivity index (χ1n) is 6.69. The molecule has 0 unspecified atom stereocenters. The summed E-state index contributed by atoms with van der Waals surface area (Å²) in [6.07, 6.45) is 3.71. The van der Waals surface area contributed by atoms with Crippen LogP contribution in [0, 0.1) is 17.3 Å². The molecule has 0 saturated carbocycles. The molecule has 1 heterocycles. The van der Waals surface area contributed by atoms with Crippen LogP contribution in [-0.4, -0.2) is 17.0 Å². The molecule has 1 aromatic rings. The van der Waals surface area contributed by atoms with Crippen LogP contribution in [0.5, 0.6) is 0 Å². The Hall–Kier alpha value is -2.10. The van der Waals surface area contributed by atoms with Gasteiger partial charge in [0.05, 0.1) is 11.8 Å². The average Bonchev–Trinajstić information content (AvgIpc) is 2.43. The number of carboxylic acids is 1. The van der Waals surface area contributed by atoms with E-state index in [0.29, 0.717) is 6.42 Å². The van der Waals surface area contributed by atoms with Gasteiger partial charge in [-0.2, -0.15) is 0 Å². The van der Waals surface area contributed by atoms with Gasteiger partial charge in [0.1, 0.15) is 6.10 Å². The van der Waals surface area contributed by atoms with Gasteiger partial charge in [-0.05, 0) is 12.0 Å². The fourth-order valence-corrected chi connectivity index (χ4v) is 3.22. The van der Waals surface area contributed by atoms with Gasteiger partial charge in [-0.3, -0.25) is 9.59 Å². The fourth-order valence-electron chi connectivity index (χ4n) is 3.22. The van der Waals surface area contributed by atoms with Crippen molar-refractivity contribution in [3.05, 3.63) is 48.0 Å². The van der Waals surface area contributed by atoms with Crippen molar-refractivity contribution in [2.75, 3.05) is 0 Å². The number of carbonyl (C=O) groups excluding carboxylic acids is 1. The van der Waals surface area contributed by atoms with E-state index in [1.165, 1.54) is 0 Å². The summed E-state index contributed by atoms with van der Waals surface area (Å²) in [6, 6.07) is 9.59. The van der Waals surface area contributed by atoms with Crippen molar-refractivity contribution in [1.82, 2.24) is 0 Å². The van der Waals surface area contributed by atoms with Gasteiger partial charge in [0.2, 0.25) is 0 Å². The van der Waals surface area contributed by atoms with Crippen molar-refractivity contribution in [2.45, 2.75) is 19.4 Å². The largest absolute Gasteiger partial charge is 0.481 e. The summed E-state index contributed by atoms with van der Waals surface area (Å²) in [6.45, 7) is 2.01. The quantitative estimate of drug-likeness (QED) is 0.664. The van der Waals surface area contributed by atoms with Gasteiger partial charge in [-0.15, -0.1) is 0 Å². The minimum atomic E-state index is -0.969. The molecule has 0 spiro atoms. The van der Waals surface area contributed by atoms with Crippen LogP contribution >= 0.6 is 0 Å². The van der Waals surface area contributed by atoms with Crippen molar-refractivity contribution in [3.63, 3.8) is 0 Å². The molecule has 104 valence electrons. The highest BCUT2D eigenvalue weighted by atomic mass is 16.5. The molecule has 0 radical (unpaired) electrons. The maximum atomic E-state index is 12.1. The number of cyclic esters (lactones) is 1. The lowest BCUT2D eigenvalue weighted by Gasteiger charge is -2.45. The highest BCUT2D eigenvalue weighted by Crippen LogP contribution is 2.51. The Bertz CT molecular complexity index is 577. The summed E-state index contributed by atoms with van der Waals surface area (Å²) in [7, 11) is 0. The summed E-state index contributed by atoms with van der Waals surface area (Å²) in [5.74, 6) is -2.73. The lowest BCUT2D eigenvalue weighted by molar-refractivity contribution is -0.178. The van der Waals surface area contributed by atoms with E-state index in [1.54, 1.807) is 6.08 Å². The topological polar surface area (TPSA) is 63.6 Å². The van der Waals surface area contributed by atoms with Gasteiger partial charge < -0.3 is 9.84 Å². The molecule has 0 amide bonds. The Labute approximate surface area is 117 Å². The molecule has 0 aromatic heterocycles. The van der Waals surface area contributed by atoms with Crippen molar-refractivity contribution >= 4 is 11.9 Å². The zero-order valence-electron chi connectivity index (χ0n) is 11.2. The van der Waals surface area contributed by atoms with Crippen molar-refractivity contribution < 1.29 is 19.4 Å². The standard InChI is InChI=1S/C16H16O4/c1-16-8-7-11(14(17)18)12(9-16)15(19)20-13(16)10-5-3-2-4-6-10/h2-8,11-13H,9H2,1H3,(H,17,18)/t11-,12+,13-,16+/m1/s1. The lowest BCUT2D eigenvalue weighted by Crippen LogP contribution is -2.46. The van der Waals surface area contributed by atoms with Crippen LogP contribution in [0.25, 0.3) is 0 Å². The molecule has 1 fully saturated rings. The first-order chi connectivity index (χ1) is 9.51. The lowest BCUT2D eigenvalue weighted by atomic mass is 9.65. The van der Waals surface area contributed by atoms with Crippen molar-refractivity contribution in [1.29, 1.82) is 0 Å². The van der Waals surface area contributed by atoms with Crippen molar-refractivity contribution in [3.8, 4) is 0 Å². The molecule has 20 heavy (non-hydrogen) atoms. The number of fused-ring (bicyclic) bond motifs is 2. The molecular weight excluding hydrogens is 256 g/mol. The Balaban J connectivity index is 2.00. The molecular formula is C16H16O4. The number of benzene rings is 1. The number of ether oxygens (including phenoxy) is 1. The monoisotopic (exact) mass is 272 g/mol. The van der Waals surface area contributed by atoms with E-state index in [-0.39, 0.29) is 11.5 Å². The number of esters is 1. The summed E-state index contributed by atoms with van der Waals surface area (Å²) in [5.41, 5.74) is 0.603. The molecule has 3 rings (SSSR count). The normalized spacial score (nSPS) is 35.5. The van der Waals surface area contributed by atoms with E-state index >= 15 is 0 Å². The zero-order valence-corrected chi connectivity index (χ0v) is 11.2. The third-order valence-electron chi connectivity index (χ3n) is 4.30. The molecule has 2 aliphatic rings. The SMILES string of the molecule is C[C@]12C=C[C@@H](C(=O)O)[C@H](C1)C(=O)O[C@@H]2c1ccccc1. The predicted molar refractivity (Wildman–Crippen MR) is 71.8 cm³/mol. The maximum absolute atomic E-state index is 12.1. The summed E-state index contributed by atoms with van der Waals surface area (Å²) in [5, 5.41) is 9.18. The van der Waals surface area contributed by atoms with E-state index in [4.69, 9.17) is 4.74 Å². The van der Waals surface area contributed by atoms with E-state index in [2.05, 4.69) is 0 Å². The van der Waals surface area contributed by atoms with Gasteiger partial charge in [0.15, 0.2) is 0 Å². The zero-order chi connectivity index (χ0) is 14.3. The Morgan fingerprint density at radius 2 is 2.05 bits per heavy atom. The Morgan fingerprint density at radius 1 is 1.35 bits per heavy atom. The van der Waals surface area contributed by atoms with E-state index in [1.807, 2.05) is 43.3 Å². The first-order valence-corrected chi connectivity index (χ1v) is 6.69. The fraction of sp³-hybridized carbons (Fsp3) is 0.375. The maximum Gasteiger partial charge on any atom is 0.311 e. The van der Waals surface area contributed by atoms with Crippen LogP contribution in [0.15, 0.2) is 42.5 Å². The number of hydrogen-bond donors (Lipinski definition) is 1. The molecule has 1 aliphatic carbocycles. The number of carboxylic acid groups (broad SMARTS) is 1. The van der Waals surface area contributed by atoms with Crippen LogP contribution in [0.2, 0.25) is 0 Å². The van der Waals surface area contributed by atoms with Crippen LogP contribution < -0.4 is 0 Å². The van der Waals surface area contributed by atoms with Crippen LogP contribution in [-0.2, 0) is 14.3 Å². The minimum Gasteiger partial charge on any atom is -0.481 e. The molecule has 1 saturated heterocycles. The number of aliphatic carboxylic acids is 1. The van der Waals surface area contributed by atoms with Crippen molar-refractivity contribution in [2.24, 2.45) is 17.3 Å². The Morgan fingerprint density at radius 3 is 2.70 bits per heavy atom. The number of hydrogen-bond acceptors (Lipinski definition) is 3. The second kappa shape index (κ2) is 4.47. The minimum absolute atomic E-state index is 0.341. The summed E-state index contributed by atoms with van der Waals surface area (Å²) in [4.78, 5) is 23.3. The molecule has 1 aromatic carbocycles. The van der Waals surface area contributed by atoms with E-state index in [9.17, 15) is 14.7 Å². The van der Waals surface area contributed by atoms with Gasteiger partial charge in [-0.1, -0.05) is 49.4 Å². The Kier molecular flexibility index (Phi) is 2.89. The second-order valence-corrected chi connectivity index (χ2v) is 5.77. The number of carbonyl (C=O) groups is 2. The summed E-state index contributed by atoms with van der Waals surface area (Å²) >= 11 is 0. The highest BCUT2D eigenvalue weighted by Gasteiger charge is 2.51. The van der Waals surface area contributed by atoms with Gasteiger partial charge >= 0.3 is 11.9 Å². The van der Waals surface area contributed by atoms with Gasteiger partial charge in [0.25, 0.3) is 0 Å². The third kappa shape index (κ3) is 1.92. The smallest absolute Gasteiger partial charge is 0.311 e. The van der Waals surface area contributed by atoms with E-state index < -0.39 is 23.8 Å². The molecule has 4 nitrogen and oxygen atoms in total. The molecule has 1 N–H and O–H groups in total.